The van der Waals surface area contributed by atoms with Crippen molar-refractivity contribution in [3.05, 3.63) is 30.1 Å². The Balaban J connectivity index is 1.18. The number of hydrogen-bond donors (Lipinski definition) is 2. The summed E-state index contributed by atoms with van der Waals surface area (Å²) in [6.07, 6.45) is 8.22. The molecule has 4 fully saturated rings. The van der Waals surface area contributed by atoms with Crippen LogP contribution >= 0.6 is 0 Å². The van der Waals surface area contributed by atoms with Gasteiger partial charge in [-0.05, 0) is 92.4 Å². The van der Waals surface area contributed by atoms with E-state index in [1.165, 1.54) is 38.4 Å². The highest BCUT2D eigenvalue weighted by Gasteiger charge is 2.51. The summed E-state index contributed by atoms with van der Waals surface area (Å²) in [5.74, 6) is 1.31. The van der Waals surface area contributed by atoms with Crippen LogP contribution in [0.3, 0.4) is 0 Å². The first-order valence-electron chi connectivity index (χ1n) is 11.4. The zero-order valence-corrected chi connectivity index (χ0v) is 19.3. The zero-order valence-electron chi connectivity index (χ0n) is 18.5. The van der Waals surface area contributed by atoms with Gasteiger partial charge in [0.2, 0.25) is 21.8 Å². The highest BCUT2D eigenvalue weighted by atomic mass is 32.2. The number of sulfonamides is 1. The Kier molecular flexibility index (Phi) is 6.58. The van der Waals surface area contributed by atoms with Crippen molar-refractivity contribution in [2.24, 2.45) is 23.2 Å². The van der Waals surface area contributed by atoms with E-state index in [4.69, 9.17) is 0 Å². The van der Waals surface area contributed by atoms with Crippen LogP contribution in [0.5, 0.6) is 0 Å². The lowest BCUT2D eigenvalue weighted by Crippen LogP contribution is -2.50. The third-order valence-electron chi connectivity index (χ3n) is 7.44. The highest BCUT2D eigenvalue weighted by Crippen LogP contribution is 2.61. The summed E-state index contributed by atoms with van der Waals surface area (Å²) in [5.41, 5.74) is 5.13. The van der Waals surface area contributed by atoms with Gasteiger partial charge in [0, 0.05) is 26.4 Å². The second-order valence-electron chi connectivity index (χ2n) is 10.1. The van der Waals surface area contributed by atoms with Crippen LogP contribution in [0.25, 0.3) is 0 Å². The molecule has 0 heterocycles. The molecule has 0 unspecified atom stereocenters. The predicted molar refractivity (Wildman–Crippen MR) is 117 cm³/mol. The van der Waals surface area contributed by atoms with Gasteiger partial charge in [-0.3, -0.25) is 20.4 Å². The van der Waals surface area contributed by atoms with Crippen LogP contribution in [-0.4, -0.2) is 38.1 Å². The molecule has 1 aromatic carbocycles. The number of hydrazine groups is 1. The molecule has 7 nitrogen and oxygen atoms in total. The van der Waals surface area contributed by atoms with E-state index in [1.54, 1.807) is 0 Å². The summed E-state index contributed by atoms with van der Waals surface area (Å²) in [4.78, 5) is 24.6. The fourth-order valence-electron chi connectivity index (χ4n) is 6.46. The van der Waals surface area contributed by atoms with Gasteiger partial charge in [0.05, 0.1) is 4.90 Å². The molecule has 4 bridgehead atoms. The summed E-state index contributed by atoms with van der Waals surface area (Å²) in [6.45, 7) is 0.133. The maximum atomic E-state index is 13.0. The average molecular weight is 466 g/mol. The monoisotopic (exact) mass is 465 g/mol. The van der Waals surface area contributed by atoms with Gasteiger partial charge in [0.15, 0.2) is 0 Å². The average Bonchev–Trinajstić information content (AvgIpc) is 2.71. The molecule has 176 valence electrons. The molecule has 0 saturated heterocycles. The largest absolute Gasteiger partial charge is 0.273 e. The molecule has 0 aliphatic heterocycles. The Labute approximate surface area is 189 Å². The van der Waals surface area contributed by atoms with E-state index in [0.29, 0.717) is 12.8 Å². The molecule has 1 aromatic rings. The van der Waals surface area contributed by atoms with Crippen molar-refractivity contribution >= 4 is 21.8 Å². The molecule has 9 heteroatoms. The Hall–Kier alpha value is -2.00. The van der Waals surface area contributed by atoms with Gasteiger partial charge < -0.3 is 0 Å². The molecule has 4 saturated carbocycles. The second-order valence-corrected chi connectivity index (χ2v) is 12.1. The molecule has 0 radical (unpaired) electrons. The molecule has 2 amide bonds. The Bertz CT molecular complexity index is 929. The van der Waals surface area contributed by atoms with E-state index in [2.05, 4.69) is 10.9 Å². The van der Waals surface area contributed by atoms with Gasteiger partial charge >= 0.3 is 0 Å². The second kappa shape index (κ2) is 9.09. The van der Waals surface area contributed by atoms with E-state index in [1.807, 2.05) is 0 Å². The first-order valence-corrected chi connectivity index (χ1v) is 12.9. The number of halogens is 1. The summed E-state index contributed by atoms with van der Waals surface area (Å²) in [5, 5.41) is 0. The Morgan fingerprint density at radius 3 is 2.09 bits per heavy atom. The number of amides is 2. The van der Waals surface area contributed by atoms with E-state index < -0.39 is 15.8 Å². The lowest BCUT2D eigenvalue weighted by Gasteiger charge is -2.56. The summed E-state index contributed by atoms with van der Waals surface area (Å²) in [7, 11) is -2.32. The minimum Gasteiger partial charge on any atom is -0.273 e. The molecular weight excluding hydrogens is 433 g/mol. The SMILES string of the molecule is CN(CCCC(=O)NNC(=O)CC12CC3CC(CC(C3)C1)C2)S(=O)(=O)c1ccc(F)cc1. The van der Waals surface area contributed by atoms with Crippen LogP contribution in [0.1, 0.15) is 57.8 Å². The predicted octanol–water partition coefficient (Wildman–Crippen LogP) is 2.98. The molecule has 4 aliphatic rings. The van der Waals surface area contributed by atoms with E-state index in [-0.39, 0.29) is 35.1 Å². The van der Waals surface area contributed by atoms with Crippen molar-refractivity contribution in [2.75, 3.05) is 13.6 Å². The highest BCUT2D eigenvalue weighted by molar-refractivity contribution is 7.89. The van der Waals surface area contributed by atoms with Crippen molar-refractivity contribution < 1.29 is 22.4 Å². The van der Waals surface area contributed by atoms with Gasteiger partial charge in [0.25, 0.3) is 0 Å². The maximum absolute atomic E-state index is 13.0. The van der Waals surface area contributed by atoms with Crippen molar-refractivity contribution in [3.63, 3.8) is 0 Å². The lowest BCUT2D eigenvalue weighted by atomic mass is 9.49. The number of hydrogen-bond acceptors (Lipinski definition) is 4. The van der Waals surface area contributed by atoms with Crippen molar-refractivity contribution in [1.29, 1.82) is 0 Å². The fraction of sp³-hybridized carbons (Fsp3) is 0.652. The van der Waals surface area contributed by atoms with Crippen molar-refractivity contribution in [2.45, 2.75) is 62.7 Å². The molecule has 0 aromatic heterocycles. The van der Waals surface area contributed by atoms with Gasteiger partial charge in [-0.25, -0.2) is 17.1 Å². The minimum absolute atomic E-state index is 0.00258. The molecule has 4 aliphatic carbocycles. The summed E-state index contributed by atoms with van der Waals surface area (Å²) >= 11 is 0. The van der Waals surface area contributed by atoms with E-state index >= 15 is 0 Å². The molecule has 2 N–H and O–H groups in total. The Morgan fingerprint density at radius 1 is 1.00 bits per heavy atom. The third kappa shape index (κ3) is 5.14. The van der Waals surface area contributed by atoms with Crippen molar-refractivity contribution in [3.8, 4) is 0 Å². The number of rotatable bonds is 8. The molecule has 0 atom stereocenters. The van der Waals surface area contributed by atoms with Crippen LogP contribution in [0, 0.1) is 29.0 Å². The van der Waals surface area contributed by atoms with E-state index in [0.717, 1.165) is 53.5 Å². The number of carbonyl (C=O) groups excluding carboxylic acids is 2. The summed E-state index contributed by atoms with van der Waals surface area (Å²) in [6, 6.07) is 4.63. The van der Waals surface area contributed by atoms with Gasteiger partial charge in [-0.2, -0.15) is 0 Å². The molecule has 5 rings (SSSR count). The number of nitrogens with one attached hydrogen (secondary N) is 2. The fourth-order valence-corrected chi connectivity index (χ4v) is 7.67. The standard InChI is InChI=1S/C23H32FN3O4S/c1-27(32(30,31)20-6-4-19(24)5-7-20)8-2-3-21(28)25-26-22(29)15-23-12-16-9-17(13-23)11-18(10-16)14-23/h4-7,16-18H,2-3,8-15H2,1H3,(H,25,28)(H,26,29). The maximum Gasteiger partial charge on any atom is 0.242 e. The molecular formula is C23H32FN3O4S. The van der Waals surface area contributed by atoms with Crippen LogP contribution in [0.2, 0.25) is 0 Å². The molecule has 32 heavy (non-hydrogen) atoms. The van der Waals surface area contributed by atoms with Crippen LogP contribution < -0.4 is 10.9 Å². The van der Waals surface area contributed by atoms with Gasteiger partial charge in [-0.1, -0.05) is 0 Å². The van der Waals surface area contributed by atoms with Crippen LogP contribution in [0.15, 0.2) is 29.2 Å². The number of benzene rings is 1. The smallest absolute Gasteiger partial charge is 0.242 e. The van der Waals surface area contributed by atoms with Crippen LogP contribution in [-0.2, 0) is 19.6 Å². The normalized spacial score (nSPS) is 28.7. The first-order chi connectivity index (χ1) is 15.1. The van der Waals surface area contributed by atoms with E-state index in [9.17, 15) is 22.4 Å². The number of nitrogens with zero attached hydrogens (tertiary/aromatic N) is 1. The number of carbonyl (C=O) groups is 2. The zero-order chi connectivity index (χ0) is 22.9. The van der Waals surface area contributed by atoms with Crippen molar-refractivity contribution in [1.82, 2.24) is 15.2 Å². The summed E-state index contributed by atoms with van der Waals surface area (Å²) < 4.78 is 39.1. The Morgan fingerprint density at radius 2 is 1.53 bits per heavy atom. The van der Waals surface area contributed by atoms with Gasteiger partial charge in [0.1, 0.15) is 5.82 Å². The molecule has 0 spiro atoms. The topological polar surface area (TPSA) is 95.6 Å². The van der Waals surface area contributed by atoms with Gasteiger partial charge in [-0.15, -0.1) is 0 Å². The third-order valence-corrected chi connectivity index (χ3v) is 9.31. The minimum atomic E-state index is -3.74. The van der Waals surface area contributed by atoms with Crippen LogP contribution in [0.4, 0.5) is 4.39 Å². The lowest BCUT2D eigenvalue weighted by molar-refractivity contribution is -0.134. The quantitative estimate of drug-likeness (QED) is 0.577. The first kappa shape index (κ1) is 23.2.